The molecular weight excluding hydrogens is 436 g/mol. The highest BCUT2D eigenvalue weighted by atomic mass is 16.6. The van der Waals surface area contributed by atoms with Crippen LogP contribution in [-0.4, -0.2) is 76.2 Å². The number of benzene rings is 1. The Morgan fingerprint density at radius 3 is 2.71 bits per heavy atom. The zero-order valence-corrected chi connectivity index (χ0v) is 19.9. The van der Waals surface area contributed by atoms with Gasteiger partial charge in [-0.05, 0) is 38.7 Å². The van der Waals surface area contributed by atoms with Gasteiger partial charge in [-0.3, -0.25) is 14.4 Å². The van der Waals surface area contributed by atoms with Gasteiger partial charge in [0.1, 0.15) is 17.6 Å². The number of ether oxygens (including phenoxy) is 2. The smallest absolute Gasteiger partial charge is 0.312 e. The molecule has 0 aromatic heterocycles. The highest BCUT2D eigenvalue weighted by Gasteiger charge is 2.78. The summed E-state index contributed by atoms with van der Waals surface area (Å²) in [5, 5.41) is 9.46. The molecule has 0 radical (unpaired) electrons. The molecule has 0 saturated carbocycles. The van der Waals surface area contributed by atoms with Crippen LogP contribution in [0.3, 0.4) is 0 Å². The van der Waals surface area contributed by atoms with E-state index in [4.69, 9.17) is 9.47 Å². The van der Waals surface area contributed by atoms with Gasteiger partial charge in [0.15, 0.2) is 0 Å². The fourth-order valence-corrected chi connectivity index (χ4v) is 6.14. The molecule has 34 heavy (non-hydrogen) atoms. The lowest BCUT2D eigenvalue weighted by Gasteiger charge is -2.36. The Bertz CT molecular complexity index is 952. The lowest BCUT2D eigenvalue weighted by atomic mass is 9.66. The van der Waals surface area contributed by atoms with Gasteiger partial charge in [-0.15, -0.1) is 6.58 Å². The number of amides is 2. The molecule has 5 atom stereocenters. The van der Waals surface area contributed by atoms with Crippen molar-refractivity contribution < 1.29 is 29.0 Å². The third-order valence-corrected chi connectivity index (χ3v) is 7.49. The average Bonchev–Trinajstić information content (AvgIpc) is 3.38. The average molecular weight is 471 g/mol. The molecule has 8 heteroatoms. The minimum Gasteiger partial charge on any atom is -0.466 e. The second-order valence-electron chi connectivity index (χ2n) is 9.58. The molecule has 2 bridgehead atoms. The molecule has 1 aromatic carbocycles. The largest absolute Gasteiger partial charge is 0.466 e. The number of aliphatic hydroxyl groups is 1. The molecule has 4 rings (SSSR count). The Kier molecular flexibility index (Phi) is 6.82. The number of hydrogen-bond acceptors (Lipinski definition) is 6. The summed E-state index contributed by atoms with van der Waals surface area (Å²) in [4.78, 5) is 44.1. The number of likely N-dealkylation sites (tertiary alicyclic amines) is 1. The van der Waals surface area contributed by atoms with Crippen LogP contribution in [0.15, 0.2) is 43.0 Å². The maximum absolute atomic E-state index is 14.1. The van der Waals surface area contributed by atoms with E-state index >= 15 is 0 Å². The van der Waals surface area contributed by atoms with Crippen molar-refractivity contribution in [1.82, 2.24) is 9.80 Å². The minimum absolute atomic E-state index is 0.109. The molecule has 3 aliphatic heterocycles. The fourth-order valence-electron chi connectivity index (χ4n) is 6.14. The van der Waals surface area contributed by atoms with Gasteiger partial charge in [0, 0.05) is 26.2 Å². The number of esters is 1. The highest BCUT2D eigenvalue weighted by Crippen LogP contribution is 2.63. The van der Waals surface area contributed by atoms with E-state index in [0.717, 1.165) is 5.56 Å². The lowest BCUT2D eigenvalue weighted by Crippen LogP contribution is -2.56. The van der Waals surface area contributed by atoms with Crippen LogP contribution in [0.25, 0.3) is 0 Å². The molecule has 2 amide bonds. The molecule has 1 N–H and O–H groups in total. The first-order valence-electron chi connectivity index (χ1n) is 12.0. The van der Waals surface area contributed by atoms with Crippen LogP contribution in [0.4, 0.5) is 0 Å². The Hall–Kier alpha value is -2.71. The van der Waals surface area contributed by atoms with E-state index in [1.165, 1.54) is 4.90 Å². The van der Waals surface area contributed by atoms with Gasteiger partial charge in [-0.1, -0.05) is 36.4 Å². The monoisotopic (exact) mass is 470 g/mol. The first-order chi connectivity index (χ1) is 16.3. The van der Waals surface area contributed by atoms with E-state index in [9.17, 15) is 19.5 Å². The van der Waals surface area contributed by atoms with Gasteiger partial charge in [0.25, 0.3) is 0 Å². The number of hydrogen-bond donors (Lipinski definition) is 1. The molecule has 0 aliphatic carbocycles. The van der Waals surface area contributed by atoms with E-state index in [1.807, 2.05) is 37.3 Å². The predicted molar refractivity (Wildman–Crippen MR) is 124 cm³/mol. The number of fused-ring (bicyclic) bond motifs is 1. The molecular formula is C26H34N2O6. The van der Waals surface area contributed by atoms with Gasteiger partial charge in [0.05, 0.1) is 18.1 Å². The van der Waals surface area contributed by atoms with Gasteiger partial charge >= 0.3 is 5.97 Å². The Labute approximate surface area is 200 Å². The van der Waals surface area contributed by atoms with Crippen LogP contribution in [0.1, 0.15) is 38.7 Å². The molecule has 3 aliphatic rings. The van der Waals surface area contributed by atoms with Crippen molar-refractivity contribution in [3.63, 3.8) is 0 Å². The maximum atomic E-state index is 14.1. The van der Waals surface area contributed by atoms with E-state index < -0.39 is 35.0 Å². The summed E-state index contributed by atoms with van der Waals surface area (Å²) in [7, 11) is 0. The van der Waals surface area contributed by atoms with E-state index in [-0.39, 0.29) is 31.6 Å². The van der Waals surface area contributed by atoms with E-state index in [2.05, 4.69) is 6.58 Å². The SMILES string of the molecule is C=CCN(Cc1ccccc1)C(=O)C1N(CCCO)C(=O)[C@@H]2[C@H](C(=O)OCC)[C@]3(C)CCC12O3. The van der Waals surface area contributed by atoms with Crippen molar-refractivity contribution in [3.05, 3.63) is 48.6 Å². The molecule has 3 heterocycles. The van der Waals surface area contributed by atoms with Gasteiger partial charge in [-0.25, -0.2) is 0 Å². The molecule has 1 aromatic rings. The van der Waals surface area contributed by atoms with Gasteiger partial charge < -0.3 is 24.4 Å². The maximum Gasteiger partial charge on any atom is 0.312 e. The topological polar surface area (TPSA) is 96.4 Å². The van der Waals surface area contributed by atoms with Gasteiger partial charge in [-0.2, -0.15) is 0 Å². The number of aliphatic hydroxyl groups excluding tert-OH is 1. The number of rotatable bonds is 10. The number of carbonyl (C=O) groups excluding carboxylic acids is 3. The van der Waals surface area contributed by atoms with E-state index in [1.54, 1.807) is 17.9 Å². The second-order valence-corrected chi connectivity index (χ2v) is 9.58. The van der Waals surface area contributed by atoms with Crippen LogP contribution in [0, 0.1) is 11.8 Å². The van der Waals surface area contributed by atoms with E-state index in [0.29, 0.717) is 32.4 Å². The summed E-state index contributed by atoms with van der Waals surface area (Å²) in [6.07, 6.45) is 3.08. The molecule has 3 saturated heterocycles. The third kappa shape index (κ3) is 3.82. The Balaban J connectivity index is 1.73. The summed E-state index contributed by atoms with van der Waals surface area (Å²) >= 11 is 0. The minimum atomic E-state index is -1.09. The first-order valence-corrected chi connectivity index (χ1v) is 12.0. The fraction of sp³-hybridized carbons (Fsp3) is 0.577. The highest BCUT2D eigenvalue weighted by molar-refractivity contribution is 5.98. The van der Waals surface area contributed by atoms with Crippen molar-refractivity contribution in [1.29, 1.82) is 0 Å². The van der Waals surface area contributed by atoms with Crippen LogP contribution in [0.5, 0.6) is 0 Å². The lowest BCUT2D eigenvalue weighted by molar-refractivity contribution is -0.160. The Morgan fingerprint density at radius 1 is 1.32 bits per heavy atom. The molecule has 1 spiro atoms. The van der Waals surface area contributed by atoms with Crippen molar-refractivity contribution in [2.45, 2.75) is 56.9 Å². The summed E-state index contributed by atoms with van der Waals surface area (Å²) in [6, 6.07) is 8.77. The van der Waals surface area contributed by atoms with Crippen LogP contribution in [0.2, 0.25) is 0 Å². The van der Waals surface area contributed by atoms with Crippen LogP contribution >= 0.6 is 0 Å². The molecule has 184 valence electrons. The summed E-state index contributed by atoms with van der Waals surface area (Å²) in [6.45, 7) is 8.39. The zero-order chi connectivity index (χ0) is 24.5. The zero-order valence-electron chi connectivity index (χ0n) is 19.9. The van der Waals surface area contributed by atoms with Crippen molar-refractivity contribution >= 4 is 17.8 Å². The van der Waals surface area contributed by atoms with Crippen LogP contribution in [-0.2, 0) is 30.4 Å². The summed E-state index contributed by atoms with van der Waals surface area (Å²) < 4.78 is 11.9. The number of carbonyl (C=O) groups is 3. The summed E-state index contributed by atoms with van der Waals surface area (Å²) in [5.74, 6) is -2.49. The Morgan fingerprint density at radius 2 is 2.06 bits per heavy atom. The van der Waals surface area contributed by atoms with Crippen molar-refractivity contribution in [2.24, 2.45) is 11.8 Å². The summed E-state index contributed by atoms with van der Waals surface area (Å²) in [5.41, 5.74) is -0.978. The normalized spacial score (nSPS) is 31.4. The molecule has 3 fully saturated rings. The van der Waals surface area contributed by atoms with Gasteiger partial charge in [0.2, 0.25) is 11.8 Å². The first kappa shape index (κ1) is 24.4. The predicted octanol–water partition coefficient (Wildman–Crippen LogP) is 1.91. The third-order valence-electron chi connectivity index (χ3n) is 7.49. The van der Waals surface area contributed by atoms with Crippen molar-refractivity contribution in [3.8, 4) is 0 Å². The standard InChI is InChI=1S/C26H34N2O6/c1-4-14-27(17-18-10-7-6-8-11-18)23(31)21-26-13-12-25(3,34-26)20(24(32)33-5-2)19(26)22(30)28(21)15-9-16-29/h4,6-8,10-11,19-21,29H,1,5,9,12-17H2,2-3H3/t19-,20+,21?,25-,26?/m0/s1. The molecule has 2 unspecified atom stereocenters. The molecule has 8 nitrogen and oxygen atoms in total. The second kappa shape index (κ2) is 9.50. The quantitative estimate of drug-likeness (QED) is 0.415. The number of nitrogens with zero attached hydrogens (tertiary/aromatic N) is 2. The van der Waals surface area contributed by atoms with Crippen molar-refractivity contribution in [2.75, 3.05) is 26.3 Å². The van der Waals surface area contributed by atoms with Crippen LogP contribution < -0.4 is 0 Å².